The molecule has 3 amide bonds. The van der Waals surface area contributed by atoms with Gasteiger partial charge in [0, 0.05) is 21.0 Å². The van der Waals surface area contributed by atoms with Gasteiger partial charge in [-0.2, -0.15) is 5.26 Å². The van der Waals surface area contributed by atoms with Crippen LogP contribution in [0.1, 0.15) is 75.5 Å². The molecular weight excluding hydrogens is 785 g/mol. The Labute approximate surface area is 359 Å². The summed E-state index contributed by atoms with van der Waals surface area (Å²) >= 11 is 2.87. The van der Waals surface area contributed by atoms with E-state index in [1.165, 1.54) is 28.0 Å². The van der Waals surface area contributed by atoms with Crippen LogP contribution < -0.4 is 20.7 Å². The molecular formula is C50H46N4O4S2. The molecule has 5 aromatic carbocycles. The first-order valence-corrected chi connectivity index (χ1v) is 21.6. The van der Waals surface area contributed by atoms with Gasteiger partial charge >= 0.3 is 0 Å². The zero-order valence-electron chi connectivity index (χ0n) is 33.7. The molecule has 2 unspecified atom stereocenters. The third kappa shape index (κ3) is 10.6. The molecule has 10 heteroatoms. The van der Waals surface area contributed by atoms with E-state index in [0.29, 0.717) is 45.7 Å². The zero-order chi connectivity index (χ0) is 42.1. The first kappa shape index (κ1) is 41.7. The van der Waals surface area contributed by atoms with Gasteiger partial charge in [-0.25, -0.2) is 0 Å². The monoisotopic (exact) mass is 830 g/mol. The van der Waals surface area contributed by atoms with E-state index in [-0.39, 0.29) is 17.0 Å². The van der Waals surface area contributed by atoms with Gasteiger partial charge in [-0.05, 0) is 101 Å². The van der Waals surface area contributed by atoms with Crippen LogP contribution in [0.4, 0.5) is 10.7 Å². The molecule has 0 radical (unpaired) electrons. The van der Waals surface area contributed by atoms with Crippen molar-refractivity contribution in [2.45, 2.75) is 56.8 Å². The second kappa shape index (κ2) is 19.1. The summed E-state index contributed by atoms with van der Waals surface area (Å²) in [6.07, 6.45) is 4.35. The smallest absolute Gasteiger partial charge is 0.272 e. The summed E-state index contributed by atoms with van der Waals surface area (Å²) in [6, 6.07) is 45.0. The lowest BCUT2D eigenvalue weighted by atomic mass is 9.72. The molecule has 0 saturated heterocycles. The number of thioether (sulfide) groups is 1. The van der Waals surface area contributed by atoms with Gasteiger partial charge in [0.05, 0.1) is 5.56 Å². The summed E-state index contributed by atoms with van der Waals surface area (Å²) < 4.78 is 5.94. The SMILES string of the molecule is CC(C)(C)C1CCc2c(sc(NC(=O)C(Sc3cccc(NC(=O)/C(=C\c4ccc(OCc5ccccc5)cc4)NC(=O)c4ccccc4)c3)c3ccccc3)c2C#N)C1. The van der Waals surface area contributed by atoms with Crippen LogP contribution in [-0.4, -0.2) is 17.7 Å². The maximum atomic E-state index is 14.2. The predicted octanol–water partition coefficient (Wildman–Crippen LogP) is 11.2. The van der Waals surface area contributed by atoms with E-state index in [0.717, 1.165) is 40.8 Å². The van der Waals surface area contributed by atoms with Crippen molar-refractivity contribution >= 4 is 57.6 Å². The van der Waals surface area contributed by atoms with Gasteiger partial charge < -0.3 is 20.7 Å². The van der Waals surface area contributed by atoms with Crippen molar-refractivity contribution in [1.82, 2.24) is 5.32 Å². The highest BCUT2D eigenvalue weighted by Crippen LogP contribution is 2.45. The van der Waals surface area contributed by atoms with Gasteiger partial charge in [0.1, 0.15) is 34.4 Å². The van der Waals surface area contributed by atoms with E-state index in [1.807, 2.05) is 103 Å². The van der Waals surface area contributed by atoms with Crippen molar-refractivity contribution in [2.24, 2.45) is 11.3 Å². The van der Waals surface area contributed by atoms with E-state index in [4.69, 9.17) is 4.74 Å². The van der Waals surface area contributed by atoms with Crippen LogP contribution in [0.2, 0.25) is 0 Å². The third-order valence-electron chi connectivity index (χ3n) is 10.5. The lowest BCUT2D eigenvalue weighted by Gasteiger charge is -2.33. The second-order valence-corrected chi connectivity index (χ2v) is 18.0. The number of nitrogens with one attached hydrogen (secondary N) is 3. The minimum absolute atomic E-state index is 0.0437. The number of fused-ring (bicyclic) bond motifs is 1. The van der Waals surface area contributed by atoms with Crippen molar-refractivity contribution in [3.63, 3.8) is 0 Å². The van der Waals surface area contributed by atoms with Gasteiger partial charge in [0.15, 0.2) is 0 Å². The molecule has 7 rings (SSSR count). The molecule has 0 saturated carbocycles. The number of thiophene rings is 1. The Morgan fingerprint density at radius 2 is 1.55 bits per heavy atom. The van der Waals surface area contributed by atoms with Gasteiger partial charge in [0.25, 0.3) is 11.8 Å². The molecule has 302 valence electrons. The number of carbonyl (C=O) groups excluding carboxylic acids is 3. The molecule has 3 N–H and O–H groups in total. The maximum Gasteiger partial charge on any atom is 0.272 e. The lowest BCUT2D eigenvalue weighted by Crippen LogP contribution is -2.30. The van der Waals surface area contributed by atoms with E-state index in [2.05, 4.69) is 42.8 Å². The number of hydrogen-bond acceptors (Lipinski definition) is 7. The van der Waals surface area contributed by atoms with Gasteiger partial charge in [0.2, 0.25) is 5.91 Å². The predicted molar refractivity (Wildman–Crippen MR) is 242 cm³/mol. The Morgan fingerprint density at radius 1 is 0.867 bits per heavy atom. The first-order valence-electron chi connectivity index (χ1n) is 19.9. The average molecular weight is 831 g/mol. The minimum Gasteiger partial charge on any atom is -0.489 e. The number of rotatable bonds is 13. The van der Waals surface area contributed by atoms with Crippen LogP contribution >= 0.6 is 23.1 Å². The van der Waals surface area contributed by atoms with Crippen LogP contribution in [0.5, 0.6) is 5.75 Å². The van der Waals surface area contributed by atoms with Gasteiger partial charge in [-0.1, -0.05) is 118 Å². The molecule has 1 aliphatic carbocycles. The zero-order valence-corrected chi connectivity index (χ0v) is 35.4. The molecule has 0 fully saturated rings. The van der Waals surface area contributed by atoms with Crippen LogP contribution in [0.15, 0.2) is 150 Å². The van der Waals surface area contributed by atoms with Crippen molar-refractivity contribution in [1.29, 1.82) is 5.26 Å². The largest absolute Gasteiger partial charge is 0.489 e. The summed E-state index contributed by atoms with van der Waals surface area (Å²) in [5.74, 6) is -0.0266. The minimum atomic E-state index is -0.662. The molecule has 60 heavy (non-hydrogen) atoms. The van der Waals surface area contributed by atoms with E-state index in [9.17, 15) is 19.6 Å². The molecule has 0 bridgehead atoms. The summed E-state index contributed by atoms with van der Waals surface area (Å²) in [4.78, 5) is 43.4. The molecule has 6 aromatic rings. The summed E-state index contributed by atoms with van der Waals surface area (Å²) in [7, 11) is 0. The molecule has 2 atom stereocenters. The molecule has 0 aliphatic heterocycles. The Morgan fingerprint density at radius 3 is 2.23 bits per heavy atom. The lowest BCUT2D eigenvalue weighted by molar-refractivity contribution is -0.116. The van der Waals surface area contributed by atoms with Crippen molar-refractivity contribution in [3.8, 4) is 11.8 Å². The van der Waals surface area contributed by atoms with E-state index in [1.54, 1.807) is 42.5 Å². The summed E-state index contributed by atoms with van der Waals surface area (Å²) in [5.41, 5.74) is 5.23. The molecule has 1 heterocycles. The highest BCUT2D eigenvalue weighted by molar-refractivity contribution is 8.00. The Bertz CT molecular complexity index is 2520. The summed E-state index contributed by atoms with van der Waals surface area (Å²) in [6.45, 7) is 7.20. The number of nitriles is 1. The van der Waals surface area contributed by atoms with Crippen molar-refractivity contribution in [2.75, 3.05) is 10.6 Å². The van der Waals surface area contributed by atoms with E-state index >= 15 is 0 Å². The topological polar surface area (TPSA) is 120 Å². The maximum absolute atomic E-state index is 14.2. The van der Waals surface area contributed by atoms with Crippen molar-refractivity contribution < 1.29 is 19.1 Å². The number of hydrogen-bond donors (Lipinski definition) is 3. The summed E-state index contributed by atoms with van der Waals surface area (Å²) in [5, 5.41) is 19.1. The number of carbonyl (C=O) groups is 3. The fourth-order valence-electron chi connectivity index (χ4n) is 7.10. The molecule has 1 aromatic heterocycles. The number of nitrogens with zero attached hydrogens (tertiary/aromatic N) is 1. The fraction of sp³-hybridized carbons (Fsp3) is 0.200. The van der Waals surface area contributed by atoms with E-state index < -0.39 is 17.1 Å². The average Bonchev–Trinajstić information content (AvgIpc) is 3.61. The Hall–Kier alpha value is -6.41. The van der Waals surface area contributed by atoms with Crippen LogP contribution in [0.3, 0.4) is 0 Å². The van der Waals surface area contributed by atoms with Gasteiger partial charge in [-0.3, -0.25) is 14.4 Å². The van der Waals surface area contributed by atoms with Crippen LogP contribution in [0.25, 0.3) is 6.08 Å². The molecule has 0 spiro atoms. The van der Waals surface area contributed by atoms with Gasteiger partial charge in [-0.15, -0.1) is 23.1 Å². The Balaban J connectivity index is 1.10. The highest BCUT2D eigenvalue weighted by atomic mass is 32.2. The molecule has 1 aliphatic rings. The fourth-order valence-corrected chi connectivity index (χ4v) is 9.47. The number of amides is 3. The first-order chi connectivity index (χ1) is 29.0. The van der Waals surface area contributed by atoms with Crippen molar-refractivity contribution in [3.05, 3.63) is 183 Å². The normalized spacial score (nSPS) is 14.2. The number of anilines is 2. The highest BCUT2D eigenvalue weighted by Gasteiger charge is 2.33. The standard InChI is InChI=1S/C50H46N4O4S2/c1-50(2,3)37-24-27-41-42(31-51)49(60-44(41)29-37)54-48(57)45(35-16-9-5-10-17-35)59-40-21-13-20-38(30-40)52-47(56)43(53-46(55)36-18-11-6-12-19-36)28-33-22-25-39(26-23-33)58-32-34-14-7-4-8-15-34/h4-23,25-26,28,30,37,45H,24,27,29,32H2,1-3H3,(H,52,56)(H,53,55)(H,54,57)/b43-28+. The Kier molecular flexibility index (Phi) is 13.3. The molecule has 8 nitrogen and oxygen atoms in total. The van der Waals surface area contributed by atoms with Crippen LogP contribution in [0, 0.1) is 22.7 Å². The quantitative estimate of drug-likeness (QED) is 0.0787. The third-order valence-corrected chi connectivity index (χ3v) is 12.9. The number of benzene rings is 5. The number of ether oxygens (including phenoxy) is 1. The van der Waals surface area contributed by atoms with Crippen LogP contribution in [-0.2, 0) is 29.0 Å². The second-order valence-electron chi connectivity index (χ2n) is 15.7.